The number of nitrogens with zero attached hydrogens (tertiary/aromatic N) is 2. The normalized spacial score (nSPS) is 10.6. The van der Waals surface area contributed by atoms with E-state index >= 15 is 0 Å². The summed E-state index contributed by atoms with van der Waals surface area (Å²) in [7, 11) is 3.98. The van der Waals surface area contributed by atoms with E-state index in [9.17, 15) is 0 Å². The van der Waals surface area contributed by atoms with Crippen LogP contribution in [0.4, 0.5) is 0 Å². The van der Waals surface area contributed by atoms with E-state index in [1.807, 2.05) is 25.0 Å². The number of hydrogen-bond donors (Lipinski definition) is 1. The van der Waals surface area contributed by atoms with Gasteiger partial charge >= 0.3 is 0 Å². The summed E-state index contributed by atoms with van der Waals surface area (Å²) in [5.74, 6) is 0. The average Bonchev–Trinajstić information content (AvgIpc) is 2.43. The smallest absolute Gasteiger partial charge is 0.0525 e. The molecule has 0 atom stereocenters. The predicted molar refractivity (Wildman–Crippen MR) is 50.2 cm³/mol. The largest absolute Gasteiger partial charge is 0.319 e. The van der Waals surface area contributed by atoms with Crippen molar-refractivity contribution in [2.75, 3.05) is 13.6 Å². The lowest BCUT2D eigenvalue weighted by molar-refractivity contribution is 0.710. The Labute approximate surface area is 73.8 Å². The van der Waals surface area contributed by atoms with Crippen molar-refractivity contribution < 1.29 is 0 Å². The van der Waals surface area contributed by atoms with Gasteiger partial charge in [-0.15, -0.1) is 0 Å². The molecular weight excluding hydrogens is 150 g/mol. The van der Waals surface area contributed by atoms with Crippen LogP contribution >= 0.6 is 0 Å². The van der Waals surface area contributed by atoms with Crippen molar-refractivity contribution in [3.8, 4) is 0 Å². The van der Waals surface area contributed by atoms with Crippen molar-refractivity contribution in [2.24, 2.45) is 7.05 Å². The third-order valence-corrected chi connectivity index (χ3v) is 2.13. The highest BCUT2D eigenvalue weighted by molar-refractivity contribution is 5.17. The monoisotopic (exact) mass is 167 g/mol. The molecule has 0 aromatic carbocycles. The molecule has 0 saturated carbocycles. The second-order valence-corrected chi connectivity index (χ2v) is 2.95. The fourth-order valence-corrected chi connectivity index (χ4v) is 1.43. The SMILES string of the molecule is CCc1c(CCNC)cnn1C. The number of aryl methyl sites for hydroxylation is 1. The summed E-state index contributed by atoms with van der Waals surface area (Å²) in [6.07, 6.45) is 4.11. The number of nitrogens with one attached hydrogen (secondary N) is 1. The highest BCUT2D eigenvalue weighted by Gasteiger charge is 2.04. The summed E-state index contributed by atoms with van der Waals surface area (Å²) in [6, 6.07) is 0. The van der Waals surface area contributed by atoms with Gasteiger partial charge in [0.25, 0.3) is 0 Å². The number of likely N-dealkylation sites (N-methyl/N-ethyl adjacent to an activating group) is 1. The van der Waals surface area contributed by atoms with Crippen LogP contribution in [0.2, 0.25) is 0 Å². The van der Waals surface area contributed by atoms with E-state index in [2.05, 4.69) is 17.3 Å². The van der Waals surface area contributed by atoms with Gasteiger partial charge in [0.15, 0.2) is 0 Å². The van der Waals surface area contributed by atoms with Crippen molar-refractivity contribution in [2.45, 2.75) is 19.8 Å². The van der Waals surface area contributed by atoms with E-state index in [-0.39, 0.29) is 0 Å². The molecule has 0 fully saturated rings. The van der Waals surface area contributed by atoms with Crippen LogP contribution in [0, 0.1) is 0 Å². The highest BCUT2D eigenvalue weighted by Crippen LogP contribution is 2.07. The Kier molecular flexibility index (Phi) is 3.29. The predicted octanol–water partition coefficient (Wildman–Crippen LogP) is 0.744. The fourth-order valence-electron chi connectivity index (χ4n) is 1.43. The van der Waals surface area contributed by atoms with Gasteiger partial charge in [-0.2, -0.15) is 5.10 Å². The molecule has 1 aromatic rings. The molecule has 0 unspecified atom stereocenters. The van der Waals surface area contributed by atoms with E-state index in [4.69, 9.17) is 0 Å². The van der Waals surface area contributed by atoms with Crippen molar-refractivity contribution >= 4 is 0 Å². The van der Waals surface area contributed by atoms with Crippen LogP contribution in [0.1, 0.15) is 18.2 Å². The summed E-state index contributed by atoms with van der Waals surface area (Å²) in [5, 5.41) is 7.37. The molecule has 68 valence electrons. The Morgan fingerprint density at radius 1 is 1.58 bits per heavy atom. The molecule has 1 aromatic heterocycles. The maximum absolute atomic E-state index is 4.23. The molecule has 12 heavy (non-hydrogen) atoms. The van der Waals surface area contributed by atoms with Crippen molar-refractivity contribution in [1.29, 1.82) is 0 Å². The molecule has 0 aliphatic heterocycles. The van der Waals surface area contributed by atoms with E-state index in [1.165, 1.54) is 11.3 Å². The Hall–Kier alpha value is -0.830. The second kappa shape index (κ2) is 4.26. The minimum atomic E-state index is 1.03. The van der Waals surface area contributed by atoms with Gasteiger partial charge in [0.05, 0.1) is 6.20 Å². The van der Waals surface area contributed by atoms with E-state index in [1.54, 1.807) is 0 Å². The summed E-state index contributed by atoms with van der Waals surface area (Å²) in [6.45, 7) is 3.19. The van der Waals surface area contributed by atoms with Crippen LogP contribution in [0.5, 0.6) is 0 Å². The average molecular weight is 167 g/mol. The van der Waals surface area contributed by atoms with Crippen LogP contribution in [0.25, 0.3) is 0 Å². The first-order chi connectivity index (χ1) is 5.79. The molecule has 0 bridgehead atoms. The van der Waals surface area contributed by atoms with Crippen molar-refractivity contribution in [1.82, 2.24) is 15.1 Å². The summed E-state index contributed by atoms with van der Waals surface area (Å²) in [5.41, 5.74) is 2.72. The van der Waals surface area contributed by atoms with Gasteiger partial charge < -0.3 is 5.32 Å². The molecule has 1 heterocycles. The molecule has 0 spiro atoms. The quantitative estimate of drug-likeness (QED) is 0.717. The van der Waals surface area contributed by atoms with Gasteiger partial charge in [-0.25, -0.2) is 0 Å². The highest BCUT2D eigenvalue weighted by atomic mass is 15.3. The molecule has 1 N–H and O–H groups in total. The summed E-state index contributed by atoms with van der Waals surface area (Å²) >= 11 is 0. The summed E-state index contributed by atoms with van der Waals surface area (Å²) < 4.78 is 1.96. The van der Waals surface area contributed by atoms with Gasteiger partial charge in [0.1, 0.15) is 0 Å². The van der Waals surface area contributed by atoms with Gasteiger partial charge in [-0.3, -0.25) is 4.68 Å². The van der Waals surface area contributed by atoms with Crippen molar-refractivity contribution in [3.05, 3.63) is 17.5 Å². The molecule has 1 rings (SSSR count). The molecule has 3 nitrogen and oxygen atoms in total. The standard InChI is InChI=1S/C9H17N3/c1-4-9-8(5-6-10-2)7-11-12(9)3/h7,10H,4-6H2,1-3H3. The topological polar surface area (TPSA) is 29.9 Å². The molecule has 0 aliphatic rings. The fraction of sp³-hybridized carbons (Fsp3) is 0.667. The maximum atomic E-state index is 4.23. The van der Waals surface area contributed by atoms with Crippen LogP contribution in [0.3, 0.4) is 0 Å². The first kappa shape index (κ1) is 9.26. The Morgan fingerprint density at radius 3 is 2.92 bits per heavy atom. The summed E-state index contributed by atoms with van der Waals surface area (Å²) in [4.78, 5) is 0. The molecular formula is C9H17N3. The zero-order valence-corrected chi connectivity index (χ0v) is 8.09. The van der Waals surface area contributed by atoms with Crippen molar-refractivity contribution in [3.63, 3.8) is 0 Å². The third-order valence-electron chi connectivity index (χ3n) is 2.13. The number of rotatable bonds is 4. The lowest BCUT2D eigenvalue weighted by Gasteiger charge is -2.02. The van der Waals surface area contributed by atoms with Gasteiger partial charge in [0.2, 0.25) is 0 Å². The zero-order valence-electron chi connectivity index (χ0n) is 8.09. The zero-order chi connectivity index (χ0) is 8.97. The third kappa shape index (κ3) is 1.85. The maximum Gasteiger partial charge on any atom is 0.0525 e. The lowest BCUT2D eigenvalue weighted by Crippen LogP contribution is -2.11. The van der Waals surface area contributed by atoms with E-state index in [0.29, 0.717) is 0 Å². The molecule has 3 heteroatoms. The van der Waals surface area contributed by atoms with Gasteiger partial charge in [0, 0.05) is 12.7 Å². The van der Waals surface area contributed by atoms with Crippen LogP contribution in [0.15, 0.2) is 6.20 Å². The van der Waals surface area contributed by atoms with Gasteiger partial charge in [-0.05, 0) is 32.0 Å². The molecule has 0 aliphatic carbocycles. The molecule has 0 radical (unpaired) electrons. The minimum absolute atomic E-state index is 1.03. The minimum Gasteiger partial charge on any atom is -0.319 e. The number of hydrogen-bond acceptors (Lipinski definition) is 2. The Balaban J connectivity index is 2.70. The van der Waals surface area contributed by atoms with Gasteiger partial charge in [-0.1, -0.05) is 6.92 Å². The van der Waals surface area contributed by atoms with E-state index < -0.39 is 0 Å². The van der Waals surface area contributed by atoms with E-state index in [0.717, 1.165) is 19.4 Å². The molecule has 0 amide bonds. The first-order valence-electron chi connectivity index (χ1n) is 4.44. The second-order valence-electron chi connectivity index (χ2n) is 2.95. The van der Waals surface area contributed by atoms with Crippen LogP contribution in [-0.4, -0.2) is 23.4 Å². The Morgan fingerprint density at radius 2 is 2.33 bits per heavy atom. The number of aromatic nitrogens is 2. The first-order valence-corrected chi connectivity index (χ1v) is 4.44. The van der Waals surface area contributed by atoms with Crippen LogP contribution < -0.4 is 5.32 Å². The lowest BCUT2D eigenvalue weighted by atomic mass is 10.1. The molecule has 0 saturated heterocycles. The Bertz CT molecular complexity index is 240. The van der Waals surface area contributed by atoms with Crippen LogP contribution in [-0.2, 0) is 19.9 Å².